The number of carbonyl (C=O) groups excluding carboxylic acids is 1. The van der Waals surface area contributed by atoms with E-state index in [0.717, 1.165) is 11.1 Å². The number of hydrogen-bond acceptors (Lipinski definition) is 5. The van der Waals surface area contributed by atoms with E-state index in [1.165, 1.54) is 6.07 Å². The number of Topliss-reactive ketones (excluding diaryl/α,β-unsaturated/α-hetero) is 1. The smallest absolute Gasteiger partial charge is 0.187 e. The molecule has 3 aromatic heterocycles. The zero-order chi connectivity index (χ0) is 21.1. The Kier molecular flexibility index (Phi) is 5.50. The molecule has 5 nitrogen and oxygen atoms in total. The molecule has 2 N–H and O–H groups in total. The maximum Gasteiger partial charge on any atom is 0.187 e. The minimum Gasteiger partial charge on any atom is -0.397 e. The fourth-order valence-corrected chi connectivity index (χ4v) is 3.41. The maximum atomic E-state index is 14.2. The van der Waals surface area contributed by atoms with Crippen LogP contribution in [0.4, 0.5) is 10.1 Å². The molecule has 7 heteroatoms. The van der Waals surface area contributed by atoms with Gasteiger partial charge in [0, 0.05) is 42.3 Å². The highest BCUT2D eigenvalue weighted by Gasteiger charge is 2.18. The zero-order valence-electron chi connectivity index (χ0n) is 15.7. The van der Waals surface area contributed by atoms with Crippen molar-refractivity contribution in [2.75, 3.05) is 5.73 Å². The molecule has 0 atom stereocenters. The van der Waals surface area contributed by atoms with Crippen LogP contribution in [0.15, 0.2) is 73.3 Å². The van der Waals surface area contributed by atoms with Crippen LogP contribution in [0, 0.1) is 5.82 Å². The van der Waals surface area contributed by atoms with Gasteiger partial charge in [0.2, 0.25) is 0 Å². The summed E-state index contributed by atoms with van der Waals surface area (Å²) in [6, 6.07) is 13.0. The van der Waals surface area contributed by atoms with Crippen LogP contribution in [0.3, 0.4) is 0 Å². The quantitative estimate of drug-likeness (QED) is 0.461. The molecule has 0 saturated heterocycles. The van der Waals surface area contributed by atoms with Gasteiger partial charge in [-0.25, -0.2) is 9.37 Å². The summed E-state index contributed by atoms with van der Waals surface area (Å²) in [6.45, 7) is 0. The highest BCUT2D eigenvalue weighted by atomic mass is 35.5. The van der Waals surface area contributed by atoms with Crippen molar-refractivity contribution in [3.05, 3.63) is 95.4 Å². The van der Waals surface area contributed by atoms with Gasteiger partial charge in [-0.1, -0.05) is 23.7 Å². The Morgan fingerprint density at radius 1 is 0.933 bits per heavy atom. The number of nitrogen functional groups attached to an aromatic ring is 1. The van der Waals surface area contributed by atoms with Gasteiger partial charge >= 0.3 is 0 Å². The number of anilines is 1. The van der Waals surface area contributed by atoms with Crippen molar-refractivity contribution in [1.29, 1.82) is 0 Å². The van der Waals surface area contributed by atoms with E-state index in [-0.39, 0.29) is 23.6 Å². The molecule has 0 spiro atoms. The number of nitrogens with two attached hydrogens (primary N) is 1. The summed E-state index contributed by atoms with van der Waals surface area (Å²) in [4.78, 5) is 25.5. The Bertz CT molecular complexity index is 1250. The molecule has 0 aliphatic carbocycles. The fourth-order valence-electron chi connectivity index (χ4n) is 3.19. The number of nitrogens with zero attached hydrogens (tertiary/aromatic N) is 3. The summed E-state index contributed by atoms with van der Waals surface area (Å²) in [7, 11) is 0. The number of benzene rings is 1. The van der Waals surface area contributed by atoms with Crippen LogP contribution in [0.1, 0.15) is 16.1 Å². The van der Waals surface area contributed by atoms with Crippen molar-refractivity contribution in [1.82, 2.24) is 15.0 Å². The Morgan fingerprint density at radius 2 is 1.67 bits per heavy atom. The van der Waals surface area contributed by atoms with Crippen LogP contribution in [-0.4, -0.2) is 20.7 Å². The van der Waals surface area contributed by atoms with Crippen molar-refractivity contribution in [3.8, 4) is 22.4 Å². The summed E-state index contributed by atoms with van der Waals surface area (Å²) >= 11 is 6.28. The first-order valence-electron chi connectivity index (χ1n) is 9.12. The molecule has 0 bridgehead atoms. The van der Waals surface area contributed by atoms with Crippen molar-refractivity contribution in [2.45, 2.75) is 6.42 Å². The first-order chi connectivity index (χ1) is 14.5. The molecule has 30 heavy (non-hydrogen) atoms. The standard InChI is InChI=1S/C23H16ClFN4O/c24-18-13-28-10-8-16(18)15-7-9-27-12-14(15)11-22(30)23-20(26)5-6-21(29-23)17-3-1-2-4-19(17)25/h1-10,12-13H,11,26H2. The predicted octanol–water partition coefficient (Wildman–Crippen LogP) is 5.01. The third-order valence-corrected chi connectivity index (χ3v) is 4.96. The molecule has 0 radical (unpaired) electrons. The van der Waals surface area contributed by atoms with Crippen molar-refractivity contribution >= 4 is 23.1 Å². The highest BCUT2D eigenvalue weighted by Crippen LogP contribution is 2.30. The molecule has 4 aromatic rings. The van der Waals surface area contributed by atoms with E-state index in [1.54, 1.807) is 67.3 Å². The molecule has 0 amide bonds. The van der Waals surface area contributed by atoms with Gasteiger partial charge in [-0.3, -0.25) is 14.8 Å². The lowest BCUT2D eigenvalue weighted by atomic mass is 9.97. The van der Waals surface area contributed by atoms with Crippen molar-refractivity contribution in [2.24, 2.45) is 0 Å². The average Bonchev–Trinajstić information content (AvgIpc) is 2.75. The second kappa shape index (κ2) is 8.39. The molecule has 1 aromatic carbocycles. The van der Waals surface area contributed by atoms with E-state index >= 15 is 0 Å². The third-order valence-electron chi connectivity index (χ3n) is 4.66. The largest absolute Gasteiger partial charge is 0.397 e. The second-order valence-electron chi connectivity index (χ2n) is 6.60. The molecule has 3 heterocycles. The Morgan fingerprint density at radius 3 is 2.43 bits per heavy atom. The molecule has 0 saturated carbocycles. The van der Waals surface area contributed by atoms with Crippen LogP contribution in [0.5, 0.6) is 0 Å². The monoisotopic (exact) mass is 418 g/mol. The average molecular weight is 419 g/mol. The minimum atomic E-state index is -0.421. The van der Waals surface area contributed by atoms with Crippen LogP contribution < -0.4 is 5.73 Å². The topological polar surface area (TPSA) is 81.8 Å². The number of ketones is 1. The minimum absolute atomic E-state index is 0.0136. The van der Waals surface area contributed by atoms with E-state index in [4.69, 9.17) is 17.3 Å². The molecular weight excluding hydrogens is 403 g/mol. The normalized spacial score (nSPS) is 10.7. The van der Waals surface area contributed by atoms with Gasteiger partial charge in [0.15, 0.2) is 5.78 Å². The van der Waals surface area contributed by atoms with Crippen LogP contribution in [0.2, 0.25) is 5.02 Å². The lowest BCUT2D eigenvalue weighted by molar-refractivity contribution is 0.0989. The van der Waals surface area contributed by atoms with Crippen molar-refractivity contribution in [3.63, 3.8) is 0 Å². The van der Waals surface area contributed by atoms with E-state index in [2.05, 4.69) is 15.0 Å². The molecule has 0 fully saturated rings. The first kappa shape index (κ1) is 19.7. The van der Waals surface area contributed by atoms with Crippen LogP contribution in [-0.2, 0) is 6.42 Å². The number of halogens is 2. The van der Waals surface area contributed by atoms with Gasteiger partial charge in [-0.15, -0.1) is 0 Å². The van der Waals surface area contributed by atoms with Crippen LogP contribution in [0.25, 0.3) is 22.4 Å². The molecule has 4 rings (SSSR count). The van der Waals surface area contributed by atoms with Gasteiger partial charge in [0.1, 0.15) is 11.5 Å². The molecule has 0 aliphatic rings. The first-order valence-corrected chi connectivity index (χ1v) is 9.50. The van der Waals surface area contributed by atoms with E-state index in [1.807, 2.05) is 0 Å². The Hall–Kier alpha value is -3.64. The van der Waals surface area contributed by atoms with Gasteiger partial charge in [0.25, 0.3) is 0 Å². The van der Waals surface area contributed by atoms with Crippen molar-refractivity contribution < 1.29 is 9.18 Å². The number of pyridine rings is 3. The maximum absolute atomic E-state index is 14.2. The number of rotatable bonds is 5. The summed E-state index contributed by atoms with van der Waals surface area (Å²) in [5.41, 5.74) is 9.17. The predicted molar refractivity (Wildman–Crippen MR) is 115 cm³/mol. The fraction of sp³-hybridized carbons (Fsp3) is 0.0435. The molecule has 0 unspecified atom stereocenters. The van der Waals surface area contributed by atoms with Crippen LogP contribution >= 0.6 is 11.6 Å². The summed E-state index contributed by atoms with van der Waals surface area (Å²) in [5.74, 6) is -0.722. The number of carbonyl (C=O) groups is 1. The lowest BCUT2D eigenvalue weighted by Crippen LogP contribution is -2.11. The van der Waals surface area contributed by atoms with Gasteiger partial charge in [-0.2, -0.15) is 0 Å². The summed E-state index contributed by atoms with van der Waals surface area (Å²) < 4.78 is 14.2. The Balaban J connectivity index is 1.70. The van der Waals surface area contributed by atoms with E-state index < -0.39 is 5.82 Å². The summed E-state index contributed by atoms with van der Waals surface area (Å²) in [5, 5.41) is 0.469. The number of hydrogen-bond donors (Lipinski definition) is 1. The zero-order valence-corrected chi connectivity index (χ0v) is 16.5. The van der Waals surface area contributed by atoms with E-state index in [9.17, 15) is 9.18 Å². The molecule has 0 aliphatic heterocycles. The van der Waals surface area contributed by atoms with Gasteiger partial charge in [0.05, 0.1) is 16.4 Å². The Labute approximate surface area is 177 Å². The van der Waals surface area contributed by atoms with E-state index in [0.29, 0.717) is 21.8 Å². The van der Waals surface area contributed by atoms with Gasteiger partial charge < -0.3 is 5.73 Å². The SMILES string of the molecule is Nc1ccc(-c2ccccc2F)nc1C(=O)Cc1cnccc1-c1ccncc1Cl. The van der Waals surface area contributed by atoms with Gasteiger partial charge in [-0.05, 0) is 47.5 Å². The molecular formula is C23H16ClFN4O. The highest BCUT2D eigenvalue weighted by molar-refractivity contribution is 6.33. The second-order valence-corrected chi connectivity index (χ2v) is 7.01. The third kappa shape index (κ3) is 3.90. The lowest BCUT2D eigenvalue weighted by Gasteiger charge is -2.11. The molecule has 148 valence electrons. The number of aromatic nitrogens is 3. The summed E-state index contributed by atoms with van der Waals surface area (Å²) in [6.07, 6.45) is 6.43.